The highest BCUT2D eigenvalue weighted by Gasteiger charge is 2.17. The number of hydrogen-bond donors (Lipinski definition) is 1. The Morgan fingerprint density at radius 3 is 3.11 bits per heavy atom. The molecule has 0 aliphatic carbocycles. The fraction of sp³-hybridized carbons (Fsp3) is 0.538. The molecule has 1 N–H and O–H groups in total. The standard InChI is InChI=1S/C13H17N3OS/c1-8-9(2)18-13-11(8)12(15-7-16-13)14-6-10-4-3-5-17-10/h7,10H,3-6H2,1-2H3,(H,14,15,16)/t10-/m1/s1. The van der Waals surface area contributed by atoms with Crippen LogP contribution in [0.25, 0.3) is 10.2 Å². The van der Waals surface area contributed by atoms with E-state index in [2.05, 4.69) is 29.1 Å². The predicted octanol–water partition coefficient (Wildman–Crippen LogP) is 2.90. The zero-order chi connectivity index (χ0) is 12.5. The summed E-state index contributed by atoms with van der Waals surface area (Å²) in [5.74, 6) is 0.942. The van der Waals surface area contributed by atoms with E-state index in [0.717, 1.165) is 35.6 Å². The van der Waals surface area contributed by atoms with E-state index in [4.69, 9.17) is 4.74 Å². The first-order chi connectivity index (χ1) is 8.75. The Morgan fingerprint density at radius 1 is 1.44 bits per heavy atom. The predicted molar refractivity (Wildman–Crippen MR) is 74.4 cm³/mol. The molecule has 1 aliphatic heterocycles. The summed E-state index contributed by atoms with van der Waals surface area (Å²) in [6.45, 7) is 5.99. The van der Waals surface area contributed by atoms with E-state index in [1.54, 1.807) is 17.7 Å². The summed E-state index contributed by atoms with van der Waals surface area (Å²) in [5, 5.41) is 4.58. The van der Waals surface area contributed by atoms with Gasteiger partial charge in [0.15, 0.2) is 0 Å². The van der Waals surface area contributed by atoms with Crippen LogP contribution in [0.2, 0.25) is 0 Å². The second-order valence-electron chi connectivity index (χ2n) is 4.70. The van der Waals surface area contributed by atoms with Crippen LogP contribution in [0.5, 0.6) is 0 Å². The number of aryl methyl sites for hydroxylation is 2. The minimum atomic E-state index is 0.329. The maximum absolute atomic E-state index is 5.62. The fourth-order valence-corrected chi connectivity index (χ4v) is 3.33. The lowest BCUT2D eigenvalue weighted by Gasteiger charge is -2.12. The van der Waals surface area contributed by atoms with Crippen molar-refractivity contribution in [1.29, 1.82) is 0 Å². The molecule has 18 heavy (non-hydrogen) atoms. The van der Waals surface area contributed by atoms with E-state index >= 15 is 0 Å². The highest BCUT2D eigenvalue weighted by Crippen LogP contribution is 2.32. The zero-order valence-corrected chi connectivity index (χ0v) is 11.5. The summed E-state index contributed by atoms with van der Waals surface area (Å²) in [6.07, 6.45) is 4.27. The average molecular weight is 263 g/mol. The Hall–Kier alpha value is -1.20. The molecule has 1 saturated heterocycles. The highest BCUT2D eigenvalue weighted by atomic mass is 32.1. The van der Waals surface area contributed by atoms with Crippen LogP contribution in [-0.2, 0) is 4.74 Å². The Kier molecular flexibility index (Phi) is 3.18. The van der Waals surface area contributed by atoms with Crippen LogP contribution in [-0.4, -0.2) is 29.2 Å². The van der Waals surface area contributed by atoms with Gasteiger partial charge in [-0.25, -0.2) is 9.97 Å². The Balaban J connectivity index is 1.86. The molecular weight excluding hydrogens is 246 g/mol. The first-order valence-corrected chi connectivity index (χ1v) is 7.13. The van der Waals surface area contributed by atoms with Crippen LogP contribution in [0.4, 0.5) is 5.82 Å². The van der Waals surface area contributed by atoms with Crippen molar-refractivity contribution in [2.75, 3.05) is 18.5 Å². The van der Waals surface area contributed by atoms with E-state index in [1.165, 1.54) is 16.9 Å². The molecule has 1 atom stereocenters. The maximum Gasteiger partial charge on any atom is 0.138 e. The van der Waals surface area contributed by atoms with Gasteiger partial charge in [0.25, 0.3) is 0 Å². The lowest BCUT2D eigenvalue weighted by molar-refractivity contribution is 0.120. The number of fused-ring (bicyclic) bond motifs is 1. The van der Waals surface area contributed by atoms with Crippen molar-refractivity contribution in [3.63, 3.8) is 0 Å². The third-order valence-electron chi connectivity index (χ3n) is 3.49. The van der Waals surface area contributed by atoms with E-state index in [9.17, 15) is 0 Å². The molecule has 3 rings (SSSR count). The van der Waals surface area contributed by atoms with E-state index in [1.807, 2.05) is 0 Å². The molecule has 0 radical (unpaired) electrons. The molecule has 0 spiro atoms. The number of anilines is 1. The molecule has 5 heteroatoms. The van der Waals surface area contributed by atoms with Crippen molar-refractivity contribution in [1.82, 2.24) is 9.97 Å². The SMILES string of the molecule is Cc1sc2ncnc(NC[C@H]3CCCO3)c2c1C. The number of thiophene rings is 1. The van der Waals surface area contributed by atoms with Gasteiger partial charge in [0, 0.05) is 18.0 Å². The van der Waals surface area contributed by atoms with Gasteiger partial charge in [-0.05, 0) is 32.3 Å². The molecule has 1 aliphatic rings. The number of ether oxygens (including phenoxy) is 1. The molecule has 0 saturated carbocycles. The molecule has 0 amide bonds. The molecule has 96 valence electrons. The molecule has 3 heterocycles. The smallest absolute Gasteiger partial charge is 0.138 e. The minimum absolute atomic E-state index is 0.329. The maximum atomic E-state index is 5.62. The lowest BCUT2D eigenvalue weighted by atomic mass is 10.2. The van der Waals surface area contributed by atoms with E-state index in [0.29, 0.717) is 6.10 Å². The van der Waals surface area contributed by atoms with Crippen LogP contribution >= 0.6 is 11.3 Å². The van der Waals surface area contributed by atoms with Crippen LogP contribution in [0.1, 0.15) is 23.3 Å². The topological polar surface area (TPSA) is 47.0 Å². The number of nitrogens with one attached hydrogen (secondary N) is 1. The molecular formula is C13H17N3OS. The van der Waals surface area contributed by atoms with Crippen LogP contribution in [0.15, 0.2) is 6.33 Å². The van der Waals surface area contributed by atoms with Gasteiger partial charge in [-0.15, -0.1) is 11.3 Å². The van der Waals surface area contributed by atoms with Crippen LogP contribution < -0.4 is 5.32 Å². The minimum Gasteiger partial charge on any atom is -0.376 e. The van der Waals surface area contributed by atoms with Gasteiger partial charge in [0.2, 0.25) is 0 Å². The fourth-order valence-electron chi connectivity index (χ4n) is 2.33. The van der Waals surface area contributed by atoms with Crippen molar-refractivity contribution < 1.29 is 4.74 Å². The molecule has 4 nitrogen and oxygen atoms in total. The largest absolute Gasteiger partial charge is 0.376 e. The molecule has 1 fully saturated rings. The van der Waals surface area contributed by atoms with Crippen molar-refractivity contribution in [3.05, 3.63) is 16.8 Å². The van der Waals surface area contributed by atoms with Crippen molar-refractivity contribution in [3.8, 4) is 0 Å². The van der Waals surface area contributed by atoms with Gasteiger partial charge in [0.05, 0.1) is 11.5 Å². The molecule has 2 aromatic rings. The van der Waals surface area contributed by atoms with E-state index < -0.39 is 0 Å². The van der Waals surface area contributed by atoms with Gasteiger partial charge in [-0.1, -0.05) is 0 Å². The monoisotopic (exact) mass is 263 g/mol. The molecule has 0 aromatic carbocycles. The second kappa shape index (κ2) is 4.82. The number of nitrogens with zero attached hydrogens (tertiary/aromatic N) is 2. The van der Waals surface area contributed by atoms with E-state index in [-0.39, 0.29) is 0 Å². The third-order valence-corrected chi connectivity index (χ3v) is 4.60. The van der Waals surface area contributed by atoms with Gasteiger partial charge in [-0.2, -0.15) is 0 Å². The summed E-state index contributed by atoms with van der Waals surface area (Å²) in [7, 11) is 0. The number of rotatable bonds is 3. The summed E-state index contributed by atoms with van der Waals surface area (Å²) < 4.78 is 5.62. The van der Waals surface area contributed by atoms with Gasteiger partial charge in [0.1, 0.15) is 17.0 Å². The Bertz CT molecular complexity index is 561. The lowest BCUT2D eigenvalue weighted by Crippen LogP contribution is -2.19. The van der Waals surface area contributed by atoms with Gasteiger partial charge in [-0.3, -0.25) is 0 Å². The summed E-state index contributed by atoms with van der Waals surface area (Å²) in [5.41, 5.74) is 1.28. The average Bonchev–Trinajstić information content (AvgIpc) is 2.97. The summed E-state index contributed by atoms with van der Waals surface area (Å²) in [6, 6.07) is 0. The van der Waals surface area contributed by atoms with Crippen molar-refractivity contribution in [2.45, 2.75) is 32.8 Å². The highest BCUT2D eigenvalue weighted by molar-refractivity contribution is 7.18. The quantitative estimate of drug-likeness (QED) is 0.925. The Morgan fingerprint density at radius 2 is 2.33 bits per heavy atom. The third kappa shape index (κ3) is 2.08. The molecule has 2 aromatic heterocycles. The summed E-state index contributed by atoms with van der Waals surface area (Å²) >= 11 is 1.73. The van der Waals surface area contributed by atoms with Crippen molar-refractivity contribution >= 4 is 27.4 Å². The van der Waals surface area contributed by atoms with Gasteiger partial charge >= 0.3 is 0 Å². The second-order valence-corrected chi connectivity index (χ2v) is 5.90. The van der Waals surface area contributed by atoms with Gasteiger partial charge < -0.3 is 10.1 Å². The van der Waals surface area contributed by atoms with Crippen molar-refractivity contribution in [2.24, 2.45) is 0 Å². The first-order valence-electron chi connectivity index (χ1n) is 6.32. The zero-order valence-electron chi connectivity index (χ0n) is 10.7. The number of hydrogen-bond acceptors (Lipinski definition) is 5. The first kappa shape index (κ1) is 11.9. The van der Waals surface area contributed by atoms with Crippen LogP contribution in [0, 0.1) is 13.8 Å². The normalized spacial score (nSPS) is 19.6. The van der Waals surface area contributed by atoms with Crippen LogP contribution in [0.3, 0.4) is 0 Å². The number of aromatic nitrogens is 2. The Labute approximate surface area is 110 Å². The molecule has 0 unspecified atom stereocenters. The molecule has 0 bridgehead atoms. The summed E-state index contributed by atoms with van der Waals surface area (Å²) in [4.78, 5) is 11.1.